The molecule has 2 aromatic carbocycles. The first-order chi connectivity index (χ1) is 12.3. The van der Waals surface area contributed by atoms with Crippen LogP contribution in [0.5, 0.6) is 5.75 Å². The Morgan fingerprint density at radius 2 is 1.65 bits per heavy atom. The van der Waals surface area contributed by atoms with Gasteiger partial charge in [-0.2, -0.15) is 0 Å². The van der Waals surface area contributed by atoms with Gasteiger partial charge < -0.3 is 4.74 Å². The molecule has 136 valence electrons. The second-order valence-corrected chi connectivity index (χ2v) is 9.31. The van der Waals surface area contributed by atoms with Gasteiger partial charge in [-0.1, -0.05) is 6.07 Å². The van der Waals surface area contributed by atoms with Crippen LogP contribution in [0.2, 0.25) is 0 Å². The van der Waals surface area contributed by atoms with E-state index in [0.29, 0.717) is 11.4 Å². The van der Waals surface area contributed by atoms with Gasteiger partial charge in [-0.25, -0.2) is 8.42 Å². The van der Waals surface area contributed by atoms with Crippen LogP contribution < -0.4 is 9.04 Å². The van der Waals surface area contributed by atoms with Crippen LogP contribution in [0.3, 0.4) is 0 Å². The lowest BCUT2D eigenvalue weighted by Crippen LogP contribution is -2.26. The molecule has 0 atom stereocenters. The highest BCUT2D eigenvalue weighted by Gasteiger charge is 2.22. The maximum atomic E-state index is 13.0. The largest absolute Gasteiger partial charge is 0.497 e. The SMILES string of the molecule is COc1ccc(S(=O)(=O)N(C)c2ccc(C)c(-c3ccc(C)s3)c2)cc1. The van der Waals surface area contributed by atoms with E-state index in [1.807, 2.05) is 25.1 Å². The number of rotatable bonds is 5. The Morgan fingerprint density at radius 1 is 0.962 bits per heavy atom. The number of anilines is 1. The van der Waals surface area contributed by atoms with E-state index >= 15 is 0 Å². The Labute approximate surface area is 158 Å². The molecule has 0 spiro atoms. The van der Waals surface area contributed by atoms with Crippen molar-refractivity contribution >= 4 is 27.0 Å². The first-order valence-electron chi connectivity index (χ1n) is 8.13. The lowest BCUT2D eigenvalue weighted by molar-refractivity contribution is 0.414. The Morgan fingerprint density at radius 3 is 2.23 bits per heavy atom. The highest BCUT2D eigenvalue weighted by atomic mass is 32.2. The molecule has 0 aliphatic heterocycles. The third-order valence-corrected chi connectivity index (χ3v) is 7.14. The number of sulfonamides is 1. The maximum absolute atomic E-state index is 13.0. The second kappa shape index (κ2) is 7.13. The zero-order valence-corrected chi connectivity index (χ0v) is 16.8. The molecule has 0 aliphatic carbocycles. The van der Waals surface area contributed by atoms with E-state index < -0.39 is 10.0 Å². The molecule has 1 heterocycles. The summed E-state index contributed by atoms with van der Waals surface area (Å²) in [7, 11) is -0.514. The van der Waals surface area contributed by atoms with Gasteiger partial charge in [0.1, 0.15) is 5.75 Å². The Balaban J connectivity index is 1.99. The minimum Gasteiger partial charge on any atom is -0.497 e. The van der Waals surface area contributed by atoms with Gasteiger partial charge in [0.15, 0.2) is 0 Å². The lowest BCUT2D eigenvalue weighted by atomic mass is 10.1. The van der Waals surface area contributed by atoms with Crippen LogP contribution in [0.1, 0.15) is 10.4 Å². The zero-order chi connectivity index (χ0) is 18.9. The summed E-state index contributed by atoms with van der Waals surface area (Å²) in [4.78, 5) is 2.59. The summed E-state index contributed by atoms with van der Waals surface area (Å²) in [6.07, 6.45) is 0. The molecule has 0 bridgehead atoms. The van der Waals surface area contributed by atoms with E-state index in [9.17, 15) is 8.42 Å². The minimum atomic E-state index is -3.64. The van der Waals surface area contributed by atoms with Gasteiger partial charge in [0.2, 0.25) is 0 Å². The van der Waals surface area contributed by atoms with Crippen molar-refractivity contribution < 1.29 is 13.2 Å². The molecular formula is C20H21NO3S2. The first-order valence-corrected chi connectivity index (χ1v) is 10.4. The molecule has 3 rings (SSSR count). The molecular weight excluding hydrogens is 366 g/mol. The van der Waals surface area contributed by atoms with Gasteiger partial charge in [-0.3, -0.25) is 4.31 Å². The van der Waals surface area contributed by atoms with Crippen molar-refractivity contribution in [2.75, 3.05) is 18.5 Å². The fourth-order valence-electron chi connectivity index (χ4n) is 2.70. The third-order valence-electron chi connectivity index (χ3n) is 4.31. The van der Waals surface area contributed by atoms with Crippen molar-refractivity contribution in [3.63, 3.8) is 0 Å². The number of methoxy groups -OCH3 is 1. The predicted molar refractivity (Wildman–Crippen MR) is 108 cm³/mol. The number of thiophene rings is 1. The van der Waals surface area contributed by atoms with Gasteiger partial charge in [-0.15, -0.1) is 11.3 Å². The van der Waals surface area contributed by atoms with E-state index in [4.69, 9.17) is 4.74 Å². The molecule has 1 aromatic heterocycles. The molecule has 6 heteroatoms. The van der Waals surface area contributed by atoms with Crippen molar-refractivity contribution in [1.29, 1.82) is 0 Å². The average Bonchev–Trinajstić information content (AvgIpc) is 3.07. The van der Waals surface area contributed by atoms with Gasteiger partial charge in [0.25, 0.3) is 10.0 Å². The van der Waals surface area contributed by atoms with Gasteiger partial charge in [-0.05, 0) is 73.5 Å². The molecule has 0 saturated heterocycles. The summed E-state index contributed by atoms with van der Waals surface area (Å²) in [5, 5.41) is 0. The number of aryl methyl sites for hydroxylation is 2. The Bertz CT molecular complexity index is 1020. The van der Waals surface area contributed by atoms with E-state index in [1.165, 1.54) is 9.18 Å². The zero-order valence-electron chi connectivity index (χ0n) is 15.2. The maximum Gasteiger partial charge on any atom is 0.264 e. The second-order valence-electron chi connectivity index (χ2n) is 6.06. The quantitative estimate of drug-likeness (QED) is 0.628. The van der Waals surface area contributed by atoms with Crippen molar-refractivity contribution in [1.82, 2.24) is 0 Å². The van der Waals surface area contributed by atoms with Crippen LogP contribution in [0.25, 0.3) is 10.4 Å². The standard InChI is InChI=1S/C20H21NO3S2/c1-14-5-7-16(13-19(14)20-12-6-15(2)25-20)21(3)26(22,23)18-10-8-17(24-4)9-11-18/h5-13H,1-4H3. The number of nitrogens with zero attached hydrogens (tertiary/aromatic N) is 1. The smallest absolute Gasteiger partial charge is 0.264 e. The van der Waals surface area contributed by atoms with Crippen molar-refractivity contribution in [3.8, 4) is 16.2 Å². The molecule has 0 fully saturated rings. The van der Waals surface area contributed by atoms with E-state index in [1.54, 1.807) is 49.8 Å². The fraction of sp³-hybridized carbons (Fsp3) is 0.200. The van der Waals surface area contributed by atoms with Crippen molar-refractivity contribution in [2.45, 2.75) is 18.7 Å². The van der Waals surface area contributed by atoms with Crippen LogP contribution in [0.4, 0.5) is 5.69 Å². The third kappa shape index (κ3) is 3.48. The highest BCUT2D eigenvalue weighted by molar-refractivity contribution is 7.92. The minimum absolute atomic E-state index is 0.231. The van der Waals surface area contributed by atoms with Crippen LogP contribution in [0, 0.1) is 13.8 Å². The number of ether oxygens (including phenoxy) is 1. The van der Waals surface area contributed by atoms with Gasteiger partial charge in [0.05, 0.1) is 17.7 Å². The van der Waals surface area contributed by atoms with Crippen molar-refractivity contribution in [2.24, 2.45) is 0 Å². The molecule has 0 unspecified atom stereocenters. The molecule has 4 nitrogen and oxygen atoms in total. The first kappa shape index (κ1) is 18.5. The summed E-state index contributed by atoms with van der Waals surface area (Å²) in [5.74, 6) is 0.622. The summed E-state index contributed by atoms with van der Waals surface area (Å²) < 4.78 is 32.3. The molecule has 26 heavy (non-hydrogen) atoms. The average molecular weight is 388 g/mol. The normalized spacial score (nSPS) is 11.4. The Kier molecular flexibility index (Phi) is 5.07. The predicted octanol–water partition coefficient (Wildman–Crippen LogP) is 4.87. The monoisotopic (exact) mass is 387 g/mol. The van der Waals surface area contributed by atoms with Crippen molar-refractivity contribution in [3.05, 3.63) is 65.0 Å². The van der Waals surface area contributed by atoms with E-state index in [-0.39, 0.29) is 4.90 Å². The molecule has 0 N–H and O–H groups in total. The van der Waals surface area contributed by atoms with Crippen LogP contribution in [-0.4, -0.2) is 22.6 Å². The van der Waals surface area contributed by atoms with Gasteiger partial charge in [0, 0.05) is 16.8 Å². The number of benzene rings is 2. The topological polar surface area (TPSA) is 46.6 Å². The molecule has 0 amide bonds. The highest BCUT2D eigenvalue weighted by Crippen LogP contribution is 2.34. The summed E-state index contributed by atoms with van der Waals surface area (Å²) in [6.45, 7) is 4.10. The van der Waals surface area contributed by atoms with Crippen LogP contribution in [-0.2, 0) is 10.0 Å². The summed E-state index contributed by atoms with van der Waals surface area (Å²) in [6, 6.07) is 16.3. The van der Waals surface area contributed by atoms with E-state index in [2.05, 4.69) is 19.1 Å². The molecule has 0 aliphatic rings. The molecule has 0 saturated carbocycles. The van der Waals surface area contributed by atoms with Crippen LogP contribution in [0.15, 0.2) is 59.5 Å². The summed E-state index contributed by atoms with van der Waals surface area (Å²) >= 11 is 1.70. The fourth-order valence-corrected chi connectivity index (χ4v) is 4.83. The molecule has 0 radical (unpaired) electrons. The lowest BCUT2D eigenvalue weighted by Gasteiger charge is -2.21. The number of hydrogen-bond acceptors (Lipinski definition) is 4. The summed E-state index contributed by atoms with van der Waals surface area (Å²) in [5.41, 5.74) is 2.80. The van der Waals surface area contributed by atoms with Gasteiger partial charge >= 0.3 is 0 Å². The van der Waals surface area contributed by atoms with Crippen LogP contribution >= 0.6 is 11.3 Å². The molecule has 3 aromatic rings. The number of hydrogen-bond donors (Lipinski definition) is 0. The Hall–Kier alpha value is -2.31. The van der Waals surface area contributed by atoms with E-state index in [0.717, 1.165) is 16.0 Å².